The lowest BCUT2D eigenvalue weighted by Crippen LogP contribution is -2.26. The number of pyridine rings is 1. The maximum Gasteiger partial charge on any atom is 0.313 e. The van der Waals surface area contributed by atoms with Gasteiger partial charge in [0.15, 0.2) is 26.9 Å². The molecule has 0 unspecified atom stereocenters. The van der Waals surface area contributed by atoms with E-state index in [9.17, 15) is 24.3 Å². The topological polar surface area (TPSA) is 235 Å². The van der Waals surface area contributed by atoms with Crippen LogP contribution in [0.2, 0.25) is 0 Å². The molecule has 3 saturated carbocycles. The molecular weight excluding hydrogens is 937 g/mol. The van der Waals surface area contributed by atoms with Gasteiger partial charge < -0.3 is 20.5 Å². The lowest BCUT2D eigenvalue weighted by Gasteiger charge is -2.25. The summed E-state index contributed by atoms with van der Waals surface area (Å²) < 4.78 is 7.91. The summed E-state index contributed by atoms with van der Waals surface area (Å²) >= 11 is 4.31. The number of nitrogens with one attached hydrogen (secondary N) is 2. The van der Waals surface area contributed by atoms with Gasteiger partial charge in [0.25, 0.3) is 11.5 Å². The van der Waals surface area contributed by atoms with Crippen molar-refractivity contribution in [3.05, 3.63) is 70.4 Å². The number of rotatable bonds is 13. The number of hydrogen-bond donors (Lipinski definition) is 3. The smallest absolute Gasteiger partial charge is 0.313 e. The Balaban J connectivity index is 0.000000154. The number of para-hydroxylation sites is 1. The van der Waals surface area contributed by atoms with Gasteiger partial charge in [-0.15, -0.1) is 5.10 Å². The van der Waals surface area contributed by atoms with E-state index in [1.165, 1.54) is 97.2 Å². The van der Waals surface area contributed by atoms with E-state index in [-0.39, 0.29) is 42.1 Å². The number of aromatic hydroxyl groups is 1. The number of benzene rings is 1. The minimum absolute atomic E-state index is 0.0373. The average Bonchev–Trinajstić information content (AvgIpc) is 3.82. The number of carbonyl (C=O) groups is 3. The Hall–Kier alpha value is -5.67. The van der Waals surface area contributed by atoms with Gasteiger partial charge in [-0.3, -0.25) is 23.7 Å². The fourth-order valence-corrected chi connectivity index (χ4v) is 9.86. The molecule has 5 heterocycles. The van der Waals surface area contributed by atoms with E-state index in [2.05, 4.69) is 50.8 Å². The van der Waals surface area contributed by atoms with Crippen molar-refractivity contribution in [1.82, 2.24) is 49.5 Å². The van der Waals surface area contributed by atoms with E-state index in [1.807, 2.05) is 43.0 Å². The summed E-state index contributed by atoms with van der Waals surface area (Å²) in [5.41, 5.74) is 2.53. The summed E-state index contributed by atoms with van der Waals surface area (Å²) in [7, 11) is 0. The zero-order valence-corrected chi connectivity index (χ0v) is 42.0. The molecule has 3 fully saturated rings. The van der Waals surface area contributed by atoms with Crippen LogP contribution in [0.1, 0.15) is 136 Å². The molecule has 69 heavy (non-hydrogen) atoms. The van der Waals surface area contributed by atoms with E-state index in [0.717, 1.165) is 51.4 Å². The molecule has 0 radical (unpaired) electrons. The fraction of sp³-hybridized carbons (Fsp3) is 0.500. The standard InChI is InChI=1S/C18H20N6OS.C16H23N3O3S.C14H17N3O2S/c1-26-18-19-11-13(16(21-18)20-12-7-3-2-4-8-12)17(25)24-15-10-6-5-9-14(15)22-23-24;1-3-22-14(21)9-13(20)12-10-17-16(23-2)19-15(12)18-11-7-5-4-6-8-11;1-20-14-15-8-10-11(18)7-12(19)17(13(10)16-14)9-5-3-2-4-6-9/h5-6,9-12H,2-4,7-8H2,1H3,(H,19,20,21);10-11H,3-9H2,1-2H3,(H,17,18,19);7-9,18H,2-6H2,1H3. The first-order chi connectivity index (χ1) is 33.6. The van der Waals surface area contributed by atoms with Crippen molar-refractivity contribution in [3.8, 4) is 5.75 Å². The van der Waals surface area contributed by atoms with Gasteiger partial charge in [-0.05, 0) is 76.3 Å². The average molecular weight is 997 g/mol. The first kappa shape index (κ1) is 51.2. The molecule has 0 bridgehead atoms. The predicted molar refractivity (Wildman–Crippen MR) is 271 cm³/mol. The van der Waals surface area contributed by atoms with Crippen molar-refractivity contribution < 1.29 is 24.2 Å². The number of thioether (sulfide) groups is 3. The van der Waals surface area contributed by atoms with Crippen LogP contribution in [0.25, 0.3) is 22.1 Å². The summed E-state index contributed by atoms with van der Waals surface area (Å²) in [5, 5.41) is 27.3. The van der Waals surface area contributed by atoms with Crippen molar-refractivity contribution in [1.29, 1.82) is 0 Å². The van der Waals surface area contributed by atoms with E-state index < -0.39 is 5.97 Å². The third-order valence-corrected chi connectivity index (χ3v) is 14.0. The van der Waals surface area contributed by atoms with Crippen LogP contribution in [0.4, 0.5) is 11.6 Å². The number of ketones is 1. The van der Waals surface area contributed by atoms with E-state index in [0.29, 0.717) is 72.4 Å². The molecule has 0 spiro atoms. The molecule has 0 saturated heterocycles. The molecule has 21 heteroatoms. The minimum atomic E-state index is -0.518. The van der Waals surface area contributed by atoms with Crippen LogP contribution in [0.5, 0.6) is 5.75 Å². The molecule has 0 atom stereocenters. The normalized spacial score (nSPS) is 15.7. The van der Waals surface area contributed by atoms with Crippen molar-refractivity contribution in [2.24, 2.45) is 0 Å². The Morgan fingerprint density at radius 2 is 1.26 bits per heavy atom. The molecule has 366 valence electrons. The Labute approximate surface area is 413 Å². The maximum absolute atomic E-state index is 13.1. The van der Waals surface area contributed by atoms with Gasteiger partial charge in [0.05, 0.1) is 23.1 Å². The van der Waals surface area contributed by atoms with E-state index in [4.69, 9.17) is 4.74 Å². The third kappa shape index (κ3) is 13.4. The van der Waals surface area contributed by atoms with Crippen LogP contribution in [-0.4, -0.2) is 110 Å². The Morgan fingerprint density at radius 1 is 0.725 bits per heavy atom. The molecule has 5 aromatic heterocycles. The first-order valence-electron chi connectivity index (χ1n) is 23.6. The van der Waals surface area contributed by atoms with Gasteiger partial charge >= 0.3 is 5.97 Å². The Morgan fingerprint density at radius 3 is 1.86 bits per heavy atom. The molecule has 3 N–H and O–H groups in total. The zero-order chi connectivity index (χ0) is 48.7. The molecule has 3 aliphatic carbocycles. The third-order valence-electron chi connectivity index (χ3n) is 12.3. The van der Waals surface area contributed by atoms with Crippen LogP contribution in [0.15, 0.2) is 69.2 Å². The number of Topliss-reactive ketones (excluding diaryl/α,β-unsaturated/α-hetero) is 1. The summed E-state index contributed by atoms with van der Waals surface area (Å²) in [6, 6.07) is 9.53. The molecule has 0 aliphatic heterocycles. The number of carbonyl (C=O) groups excluding carboxylic acids is 3. The second-order valence-electron chi connectivity index (χ2n) is 17.0. The predicted octanol–water partition coefficient (Wildman–Crippen LogP) is 9.18. The lowest BCUT2D eigenvalue weighted by atomic mass is 9.95. The molecule has 1 aromatic carbocycles. The number of aromatic nitrogens is 10. The van der Waals surface area contributed by atoms with Gasteiger partial charge in [0.1, 0.15) is 34.9 Å². The number of hydrogen-bond acceptors (Lipinski definition) is 19. The van der Waals surface area contributed by atoms with Gasteiger partial charge in [-0.25, -0.2) is 29.9 Å². The van der Waals surface area contributed by atoms with E-state index in [1.54, 1.807) is 23.9 Å². The van der Waals surface area contributed by atoms with Crippen LogP contribution in [0, 0.1) is 0 Å². The Bertz CT molecular complexity index is 2770. The highest BCUT2D eigenvalue weighted by Gasteiger charge is 2.25. The zero-order valence-electron chi connectivity index (χ0n) is 39.6. The van der Waals surface area contributed by atoms with Gasteiger partial charge in [0.2, 0.25) is 0 Å². The van der Waals surface area contributed by atoms with Crippen molar-refractivity contribution in [2.45, 2.75) is 143 Å². The summed E-state index contributed by atoms with van der Waals surface area (Å²) in [5.74, 6) is -0.0229. The number of nitrogens with zero attached hydrogens (tertiary/aromatic N) is 10. The molecule has 3 aliphatic rings. The highest BCUT2D eigenvalue weighted by molar-refractivity contribution is 7.98. The van der Waals surface area contributed by atoms with Crippen LogP contribution >= 0.6 is 35.3 Å². The molecular formula is C48H60N12O6S3. The lowest BCUT2D eigenvalue weighted by molar-refractivity contribution is -0.141. The summed E-state index contributed by atoms with van der Waals surface area (Å²) in [4.78, 5) is 75.4. The number of ether oxygens (including phenoxy) is 1. The largest absolute Gasteiger partial charge is 0.507 e. The Kier molecular flexibility index (Phi) is 18.7. The van der Waals surface area contributed by atoms with Crippen LogP contribution in [-0.2, 0) is 9.53 Å². The van der Waals surface area contributed by atoms with Crippen LogP contribution < -0.4 is 16.2 Å². The first-order valence-corrected chi connectivity index (χ1v) is 27.3. The van der Waals surface area contributed by atoms with Gasteiger partial charge in [-0.1, -0.05) is 110 Å². The number of fused-ring (bicyclic) bond motifs is 2. The SMILES string of the molecule is CCOC(=O)CC(=O)c1cnc(SC)nc1NC1CCCCC1.CSc1ncc(C(=O)n2nnc3ccccc32)c(NC2CCCCC2)n1.CSc1ncc2c(O)cc(=O)n(C3CCCCC3)c2n1. The van der Waals surface area contributed by atoms with Crippen molar-refractivity contribution >= 4 is 86.6 Å². The van der Waals surface area contributed by atoms with E-state index >= 15 is 0 Å². The quantitative estimate of drug-likeness (QED) is 0.0321. The van der Waals surface area contributed by atoms with Gasteiger partial charge in [-0.2, -0.15) is 4.68 Å². The second kappa shape index (κ2) is 25.3. The molecule has 0 amide bonds. The second-order valence-corrected chi connectivity index (χ2v) is 19.3. The molecule has 18 nitrogen and oxygen atoms in total. The minimum Gasteiger partial charge on any atom is -0.507 e. The van der Waals surface area contributed by atoms with Crippen molar-refractivity contribution in [3.63, 3.8) is 0 Å². The monoisotopic (exact) mass is 996 g/mol. The summed E-state index contributed by atoms with van der Waals surface area (Å²) in [6.07, 6.45) is 27.3. The number of anilines is 2. The maximum atomic E-state index is 13.1. The number of esters is 1. The fourth-order valence-electron chi connectivity index (χ4n) is 8.84. The highest BCUT2D eigenvalue weighted by Crippen LogP contribution is 2.32. The van der Waals surface area contributed by atoms with Crippen LogP contribution in [0.3, 0.4) is 0 Å². The molecule has 6 aromatic rings. The highest BCUT2D eigenvalue weighted by atomic mass is 32.2. The molecule has 9 rings (SSSR count). The van der Waals surface area contributed by atoms with Crippen molar-refractivity contribution in [2.75, 3.05) is 36.0 Å². The van der Waals surface area contributed by atoms with Gasteiger partial charge in [0, 0.05) is 42.8 Å². The summed E-state index contributed by atoms with van der Waals surface area (Å²) in [6.45, 7) is 1.98.